The van der Waals surface area contributed by atoms with E-state index in [9.17, 15) is 4.79 Å². The molecule has 2 heterocycles. The number of hydrogen-bond acceptors (Lipinski definition) is 5. The van der Waals surface area contributed by atoms with Gasteiger partial charge in [0.25, 0.3) is 0 Å². The van der Waals surface area contributed by atoms with Gasteiger partial charge in [-0.2, -0.15) is 5.10 Å². The minimum absolute atomic E-state index is 0.00236. The number of nitrogens with one attached hydrogen (secondary N) is 1. The summed E-state index contributed by atoms with van der Waals surface area (Å²) in [6.45, 7) is 17.5. The Morgan fingerprint density at radius 1 is 1.54 bits per heavy atom. The van der Waals surface area contributed by atoms with E-state index in [0.717, 1.165) is 12.2 Å². The fourth-order valence-corrected chi connectivity index (χ4v) is 4.38. The highest BCUT2D eigenvalue weighted by atomic mass is 28.4. The molecule has 0 aromatic carbocycles. The van der Waals surface area contributed by atoms with Crippen molar-refractivity contribution >= 4 is 14.4 Å². The lowest BCUT2D eigenvalue weighted by Crippen LogP contribution is -2.45. The molecule has 1 aromatic heterocycles. The van der Waals surface area contributed by atoms with Crippen LogP contribution in [0.5, 0.6) is 0 Å². The molecule has 0 aliphatic carbocycles. The van der Waals surface area contributed by atoms with E-state index in [0.29, 0.717) is 6.54 Å². The fourth-order valence-electron chi connectivity index (χ4n) is 3.02. The van der Waals surface area contributed by atoms with E-state index < -0.39 is 8.32 Å². The maximum Gasteiger partial charge on any atom is 0.410 e. The summed E-state index contributed by atoms with van der Waals surface area (Å²) in [5.74, 6) is 0.784. The first-order valence-electron chi connectivity index (χ1n) is 9.14. The smallest absolute Gasteiger partial charge is 0.410 e. The number of hydrogen-bond donors (Lipinski definition) is 1. The van der Waals surface area contributed by atoms with E-state index in [4.69, 9.17) is 9.16 Å². The molecule has 1 amide bonds. The van der Waals surface area contributed by atoms with Gasteiger partial charge in [0.2, 0.25) is 0 Å². The van der Waals surface area contributed by atoms with Crippen LogP contribution in [-0.2, 0) is 9.16 Å². The third-order valence-corrected chi connectivity index (χ3v) is 10.1. The van der Waals surface area contributed by atoms with Gasteiger partial charge in [-0.25, -0.2) is 9.78 Å². The summed E-state index contributed by atoms with van der Waals surface area (Å²) < 4.78 is 11.9. The van der Waals surface area contributed by atoms with Gasteiger partial charge in [-0.15, -0.1) is 0 Å². The first-order valence-corrected chi connectivity index (χ1v) is 12.0. The van der Waals surface area contributed by atoms with Crippen molar-refractivity contribution in [3.8, 4) is 0 Å². The average molecular weight is 381 g/mol. The topological polar surface area (TPSA) is 80.3 Å². The number of carbonyl (C=O) groups is 1. The minimum atomic E-state index is -1.92. The molecule has 26 heavy (non-hydrogen) atoms. The van der Waals surface area contributed by atoms with Crippen LogP contribution in [0.3, 0.4) is 0 Å². The summed E-state index contributed by atoms with van der Waals surface area (Å²) in [5.41, 5.74) is 0. The summed E-state index contributed by atoms with van der Waals surface area (Å²) in [4.78, 5) is 18.6. The lowest BCUT2D eigenvalue weighted by molar-refractivity contribution is 0.0994. The molecular weight excluding hydrogens is 348 g/mol. The van der Waals surface area contributed by atoms with Crippen LogP contribution in [0.1, 0.15) is 45.9 Å². The molecular formula is C18H32N4O3Si. The molecule has 1 unspecified atom stereocenters. The molecule has 1 aliphatic heterocycles. The van der Waals surface area contributed by atoms with Crippen molar-refractivity contribution in [1.82, 2.24) is 20.1 Å². The molecule has 7 nitrogen and oxygen atoms in total. The van der Waals surface area contributed by atoms with Gasteiger partial charge in [0, 0.05) is 18.5 Å². The van der Waals surface area contributed by atoms with Crippen molar-refractivity contribution in [3.05, 3.63) is 24.8 Å². The molecule has 0 bridgehead atoms. The van der Waals surface area contributed by atoms with E-state index in [1.54, 1.807) is 11.0 Å². The Bertz CT molecular complexity index is 612. The number of aromatic nitrogens is 3. The van der Waals surface area contributed by atoms with E-state index in [2.05, 4.69) is 55.6 Å². The molecule has 3 atom stereocenters. The second-order valence-corrected chi connectivity index (χ2v) is 13.2. The predicted octanol–water partition coefficient (Wildman–Crippen LogP) is 3.70. The highest BCUT2D eigenvalue weighted by Crippen LogP contribution is 2.40. The molecule has 1 aliphatic rings. The van der Waals surface area contributed by atoms with Gasteiger partial charge in [-0.05, 0) is 24.6 Å². The number of likely N-dealkylation sites (tertiary alicyclic amines) is 1. The second-order valence-electron chi connectivity index (χ2n) is 8.48. The van der Waals surface area contributed by atoms with Crippen LogP contribution in [0.4, 0.5) is 4.79 Å². The Kier molecular flexibility index (Phi) is 6.28. The Balaban J connectivity index is 2.17. The zero-order valence-electron chi connectivity index (χ0n) is 16.8. The Morgan fingerprint density at radius 3 is 2.77 bits per heavy atom. The number of H-pyrrole nitrogens is 1. The van der Waals surface area contributed by atoms with Gasteiger partial charge < -0.3 is 14.1 Å². The maximum absolute atomic E-state index is 12.6. The van der Waals surface area contributed by atoms with Crippen molar-refractivity contribution in [2.45, 2.75) is 70.3 Å². The van der Waals surface area contributed by atoms with Crippen LogP contribution in [0.15, 0.2) is 19.0 Å². The number of amides is 1. The second kappa shape index (κ2) is 7.92. The number of aromatic amines is 1. The van der Waals surface area contributed by atoms with Crippen LogP contribution in [0, 0.1) is 0 Å². The summed E-state index contributed by atoms with van der Waals surface area (Å²) in [6.07, 6.45) is 3.50. The van der Waals surface area contributed by atoms with E-state index >= 15 is 0 Å². The van der Waals surface area contributed by atoms with Crippen molar-refractivity contribution in [2.75, 3.05) is 13.2 Å². The summed E-state index contributed by atoms with van der Waals surface area (Å²) in [5, 5.41) is 6.97. The SMILES string of the molecule is C=CCOC(=O)N1C[C@H](O[Si](C)(C)C(C)(C)C)C[C@@H]1C(C)c1ncn[nH]1. The fraction of sp³-hybridized carbons (Fsp3) is 0.722. The predicted molar refractivity (Wildman–Crippen MR) is 104 cm³/mol. The largest absolute Gasteiger partial charge is 0.445 e. The van der Waals surface area contributed by atoms with Gasteiger partial charge in [-0.1, -0.05) is 40.3 Å². The standard InChI is InChI=1S/C18H32N4O3Si/c1-8-9-24-17(23)22-11-14(25-26(6,7)18(3,4)5)10-15(22)13(2)16-19-12-20-21-16/h8,12-15H,1,9-11H2,2-7H3,(H,19,20,21)/t13?,14-,15-/m1/s1. The molecule has 8 heteroatoms. The molecule has 1 N–H and O–H groups in total. The Hall–Kier alpha value is -1.67. The molecule has 1 aromatic rings. The number of nitrogens with zero attached hydrogens (tertiary/aromatic N) is 3. The van der Waals surface area contributed by atoms with Crippen LogP contribution in [0.25, 0.3) is 0 Å². The van der Waals surface area contributed by atoms with Gasteiger partial charge >= 0.3 is 6.09 Å². The molecule has 0 saturated carbocycles. The third-order valence-electron chi connectivity index (χ3n) is 5.57. The third kappa shape index (κ3) is 4.53. The van der Waals surface area contributed by atoms with Crippen molar-refractivity contribution < 1.29 is 14.0 Å². The maximum atomic E-state index is 12.6. The lowest BCUT2D eigenvalue weighted by Gasteiger charge is -2.38. The normalized spacial score (nSPS) is 22.3. The van der Waals surface area contributed by atoms with E-state index in [1.807, 2.05) is 6.92 Å². The zero-order valence-corrected chi connectivity index (χ0v) is 17.8. The van der Waals surface area contributed by atoms with Gasteiger partial charge in [-0.3, -0.25) is 5.10 Å². The van der Waals surface area contributed by atoms with Crippen LogP contribution >= 0.6 is 0 Å². The van der Waals surface area contributed by atoms with Crippen molar-refractivity contribution in [2.24, 2.45) is 0 Å². The summed E-state index contributed by atoms with van der Waals surface area (Å²) >= 11 is 0. The first kappa shape index (κ1) is 20.6. The van der Waals surface area contributed by atoms with Gasteiger partial charge in [0.1, 0.15) is 18.8 Å². The minimum Gasteiger partial charge on any atom is -0.445 e. The summed E-state index contributed by atoms with van der Waals surface area (Å²) in [6, 6.07) is -0.0463. The molecule has 0 radical (unpaired) electrons. The molecule has 0 spiro atoms. The van der Waals surface area contributed by atoms with Crippen molar-refractivity contribution in [1.29, 1.82) is 0 Å². The quantitative estimate of drug-likeness (QED) is 0.601. The van der Waals surface area contributed by atoms with E-state index in [1.165, 1.54) is 6.33 Å². The monoisotopic (exact) mass is 380 g/mol. The average Bonchev–Trinajstić information content (AvgIpc) is 3.20. The van der Waals surface area contributed by atoms with E-state index in [-0.39, 0.29) is 35.8 Å². The highest BCUT2D eigenvalue weighted by molar-refractivity contribution is 6.74. The Labute approximate surface area is 157 Å². The number of ether oxygens (including phenoxy) is 1. The molecule has 146 valence electrons. The van der Waals surface area contributed by atoms with Crippen LogP contribution in [-0.4, -0.2) is 59.8 Å². The number of carbonyl (C=O) groups excluding carboxylic acids is 1. The lowest BCUT2D eigenvalue weighted by atomic mass is 9.98. The summed E-state index contributed by atoms with van der Waals surface area (Å²) in [7, 11) is -1.92. The van der Waals surface area contributed by atoms with Crippen LogP contribution < -0.4 is 0 Å². The van der Waals surface area contributed by atoms with Crippen LogP contribution in [0.2, 0.25) is 18.1 Å². The first-order chi connectivity index (χ1) is 12.1. The number of rotatable bonds is 6. The highest BCUT2D eigenvalue weighted by Gasteiger charge is 2.45. The van der Waals surface area contributed by atoms with Crippen molar-refractivity contribution in [3.63, 3.8) is 0 Å². The molecule has 1 fully saturated rings. The van der Waals surface area contributed by atoms with Gasteiger partial charge in [0.15, 0.2) is 8.32 Å². The molecule has 2 rings (SSSR count). The van der Waals surface area contributed by atoms with Gasteiger partial charge in [0.05, 0.1) is 6.10 Å². The zero-order chi connectivity index (χ0) is 19.5. The molecule has 1 saturated heterocycles. The Morgan fingerprint density at radius 2 is 2.23 bits per heavy atom.